The molecule has 3 aromatic carbocycles. The maximum absolute atomic E-state index is 14.3. The first-order valence-corrected chi connectivity index (χ1v) is 15.6. The van der Waals surface area contributed by atoms with Crippen molar-refractivity contribution in [3.05, 3.63) is 94.5 Å². The summed E-state index contributed by atoms with van der Waals surface area (Å²) in [5, 5.41) is 3.01. The summed E-state index contributed by atoms with van der Waals surface area (Å²) in [6.07, 6.45) is 1.14. The molecule has 3 rings (SSSR count). The molecule has 2 amide bonds. The van der Waals surface area contributed by atoms with Gasteiger partial charge >= 0.3 is 0 Å². The van der Waals surface area contributed by atoms with Crippen LogP contribution in [0.3, 0.4) is 0 Å². The van der Waals surface area contributed by atoms with E-state index in [1.54, 1.807) is 30.3 Å². The van der Waals surface area contributed by atoms with E-state index >= 15 is 0 Å². The number of benzene rings is 3. The third-order valence-corrected chi connectivity index (χ3v) is 9.27. The van der Waals surface area contributed by atoms with Gasteiger partial charge in [-0.25, -0.2) is 8.42 Å². The fourth-order valence-electron chi connectivity index (χ4n) is 4.77. The molecule has 0 unspecified atom stereocenters. The second-order valence-corrected chi connectivity index (χ2v) is 12.7. The van der Waals surface area contributed by atoms with Crippen molar-refractivity contribution in [1.82, 2.24) is 10.2 Å². The summed E-state index contributed by atoms with van der Waals surface area (Å²) < 4.78 is 29.4. The lowest BCUT2D eigenvalue weighted by molar-refractivity contribution is -0.140. The minimum absolute atomic E-state index is 0.0550. The summed E-state index contributed by atoms with van der Waals surface area (Å²) in [5.74, 6) is -0.696. The number of rotatable bonds is 12. The van der Waals surface area contributed by atoms with Crippen LogP contribution in [0.4, 0.5) is 5.69 Å². The van der Waals surface area contributed by atoms with Crippen molar-refractivity contribution in [3.8, 4) is 0 Å². The minimum atomic E-state index is -4.11. The second kappa shape index (κ2) is 13.8. The Kier molecular flexibility index (Phi) is 10.7. The first-order valence-electron chi connectivity index (χ1n) is 14.2. The van der Waals surface area contributed by atoms with Crippen LogP contribution >= 0.6 is 0 Å². The summed E-state index contributed by atoms with van der Waals surface area (Å²) in [7, 11) is -4.11. The molecule has 0 aliphatic heterocycles. The molecule has 3 aromatic rings. The molecule has 0 aliphatic rings. The third-order valence-electron chi connectivity index (χ3n) is 7.50. The van der Waals surface area contributed by atoms with E-state index in [4.69, 9.17) is 0 Å². The number of carbonyl (C=O) groups is 2. The summed E-state index contributed by atoms with van der Waals surface area (Å²) in [5.41, 5.74) is 4.97. The van der Waals surface area contributed by atoms with Crippen LogP contribution in [0.2, 0.25) is 0 Å². The molecule has 7 nitrogen and oxygen atoms in total. The number of amides is 2. The van der Waals surface area contributed by atoms with Crippen molar-refractivity contribution in [2.45, 2.75) is 84.8 Å². The van der Waals surface area contributed by atoms with Gasteiger partial charge in [-0.2, -0.15) is 0 Å². The van der Waals surface area contributed by atoms with E-state index in [0.717, 1.165) is 34.2 Å². The number of hydrogen-bond acceptors (Lipinski definition) is 4. The van der Waals surface area contributed by atoms with E-state index in [1.165, 1.54) is 9.21 Å². The smallest absolute Gasteiger partial charge is 0.264 e. The van der Waals surface area contributed by atoms with Gasteiger partial charge in [0.25, 0.3) is 10.0 Å². The zero-order valence-electron chi connectivity index (χ0n) is 25.3. The molecule has 41 heavy (non-hydrogen) atoms. The monoisotopic (exact) mass is 577 g/mol. The van der Waals surface area contributed by atoms with Crippen LogP contribution in [0.1, 0.15) is 61.4 Å². The quantitative estimate of drug-likeness (QED) is 0.293. The number of nitrogens with zero attached hydrogens (tertiary/aromatic N) is 2. The Morgan fingerprint density at radius 2 is 1.46 bits per heavy atom. The van der Waals surface area contributed by atoms with Gasteiger partial charge in [-0.05, 0) is 82.3 Å². The highest BCUT2D eigenvalue weighted by Gasteiger charge is 2.34. The highest BCUT2D eigenvalue weighted by atomic mass is 32.2. The average molecular weight is 578 g/mol. The SMILES string of the molecule is CC[C@@H](C)NC(=O)[C@@H](CC)N(Cc1ccccc1C)C(=O)CN(c1ccc(C)cc1C)S(=O)(=O)c1ccc(C)cc1. The topological polar surface area (TPSA) is 86.8 Å². The lowest BCUT2D eigenvalue weighted by Crippen LogP contribution is -2.53. The Morgan fingerprint density at radius 1 is 0.829 bits per heavy atom. The number of aryl methyl sites for hydroxylation is 4. The summed E-state index contributed by atoms with van der Waals surface area (Å²) in [4.78, 5) is 29.3. The van der Waals surface area contributed by atoms with Gasteiger partial charge in [0.2, 0.25) is 11.8 Å². The van der Waals surface area contributed by atoms with Crippen LogP contribution in [-0.4, -0.2) is 43.8 Å². The number of carbonyl (C=O) groups excluding carboxylic acids is 2. The molecule has 0 fully saturated rings. The molecule has 0 saturated heterocycles. The molecule has 8 heteroatoms. The van der Waals surface area contributed by atoms with Gasteiger partial charge in [-0.15, -0.1) is 0 Å². The third kappa shape index (κ3) is 7.76. The fraction of sp³-hybridized carbons (Fsp3) is 0.394. The fourth-order valence-corrected chi connectivity index (χ4v) is 6.25. The number of sulfonamides is 1. The highest BCUT2D eigenvalue weighted by molar-refractivity contribution is 7.92. The largest absolute Gasteiger partial charge is 0.352 e. The van der Waals surface area contributed by atoms with Crippen LogP contribution < -0.4 is 9.62 Å². The van der Waals surface area contributed by atoms with E-state index in [-0.39, 0.29) is 23.4 Å². The molecule has 1 N–H and O–H groups in total. The molecule has 0 aliphatic carbocycles. The normalized spacial score (nSPS) is 12.9. The van der Waals surface area contributed by atoms with E-state index in [9.17, 15) is 18.0 Å². The van der Waals surface area contributed by atoms with Gasteiger partial charge in [-0.3, -0.25) is 13.9 Å². The number of nitrogens with one attached hydrogen (secondary N) is 1. The van der Waals surface area contributed by atoms with Crippen molar-refractivity contribution < 1.29 is 18.0 Å². The summed E-state index contributed by atoms with van der Waals surface area (Å²) in [6, 6.07) is 19.0. The van der Waals surface area contributed by atoms with Crippen LogP contribution in [0.15, 0.2) is 71.6 Å². The van der Waals surface area contributed by atoms with Crippen molar-refractivity contribution in [3.63, 3.8) is 0 Å². The van der Waals surface area contributed by atoms with Gasteiger partial charge in [0.1, 0.15) is 12.6 Å². The Hall–Kier alpha value is -3.65. The van der Waals surface area contributed by atoms with Gasteiger partial charge in [0.15, 0.2) is 0 Å². The molecule has 220 valence electrons. The van der Waals surface area contributed by atoms with Gasteiger partial charge in [-0.1, -0.05) is 73.5 Å². The molecule has 0 saturated carbocycles. The molecule has 0 aromatic heterocycles. The maximum atomic E-state index is 14.3. The van der Waals surface area contributed by atoms with Crippen LogP contribution in [-0.2, 0) is 26.2 Å². The number of anilines is 1. The van der Waals surface area contributed by atoms with Gasteiger partial charge in [0.05, 0.1) is 10.6 Å². The van der Waals surface area contributed by atoms with Crippen LogP contribution in [0, 0.1) is 27.7 Å². The lowest BCUT2D eigenvalue weighted by atomic mass is 10.1. The van der Waals surface area contributed by atoms with E-state index < -0.39 is 28.5 Å². The molecular formula is C33H43N3O4S. The molecule has 0 radical (unpaired) electrons. The Bertz CT molecular complexity index is 1470. The van der Waals surface area contributed by atoms with Crippen LogP contribution in [0.25, 0.3) is 0 Å². The van der Waals surface area contributed by atoms with E-state index in [0.29, 0.717) is 12.1 Å². The average Bonchev–Trinajstić information content (AvgIpc) is 2.93. The van der Waals surface area contributed by atoms with E-state index in [2.05, 4.69) is 5.32 Å². The molecule has 2 atom stereocenters. The number of hydrogen-bond donors (Lipinski definition) is 1. The minimum Gasteiger partial charge on any atom is -0.352 e. The first kappa shape index (κ1) is 31.9. The van der Waals surface area contributed by atoms with Crippen molar-refractivity contribution >= 4 is 27.5 Å². The molecule has 0 bridgehead atoms. The second-order valence-electron chi connectivity index (χ2n) is 10.8. The summed E-state index contributed by atoms with van der Waals surface area (Å²) in [6.45, 7) is 13.1. The highest BCUT2D eigenvalue weighted by Crippen LogP contribution is 2.29. The van der Waals surface area contributed by atoms with E-state index in [1.807, 2.05) is 84.9 Å². The Morgan fingerprint density at radius 3 is 2.05 bits per heavy atom. The zero-order chi connectivity index (χ0) is 30.3. The van der Waals surface area contributed by atoms with Crippen LogP contribution in [0.5, 0.6) is 0 Å². The van der Waals surface area contributed by atoms with Gasteiger partial charge < -0.3 is 10.2 Å². The molecule has 0 spiro atoms. The van der Waals surface area contributed by atoms with Crippen molar-refractivity contribution in [2.24, 2.45) is 0 Å². The molecule has 0 heterocycles. The van der Waals surface area contributed by atoms with Crippen molar-refractivity contribution in [1.29, 1.82) is 0 Å². The predicted octanol–water partition coefficient (Wildman–Crippen LogP) is 5.84. The summed E-state index contributed by atoms with van der Waals surface area (Å²) >= 11 is 0. The maximum Gasteiger partial charge on any atom is 0.264 e. The van der Waals surface area contributed by atoms with Gasteiger partial charge in [0, 0.05) is 12.6 Å². The van der Waals surface area contributed by atoms with Crippen molar-refractivity contribution in [2.75, 3.05) is 10.8 Å². The molecular weight excluding hydrogens is 534 g/mol. The first-order chi connectivity index (χ1) is 19.4. The zero-order valence-corrected chi connectivity index (χ0v) is 26.1. The Labute approximate surface area is 245 Å². The lowest BCUT2D eigenvalue weighted by Gasteiger charge is -2.34. The Balaban J connectivity index is 2.10. The predicted molar refractivity (Wildman–Crippen MR) is 165 cm³/mol. The standard InChI is InChI=1S/C33H43N3O4S/c1-8-27(7)34-33(38)30(9-2)35(21-28-13-11-10-12-25(28)5)32(37)22-36(31-19-16-24(4)20-26(31)6)41(39,40)29-17-14-23(3)15-18-29/h10-20,27,30H,8-9,21-22H2,1-7H3,(H,34,38)/t27-,30-/m1/s1.